The van der Waals surface area contributed by atoms with Crippen LogP contribution in [-0.4, -0.2) is 18.2 Å². The molecule has 0 saturated carbocycles. The van der Waals surface area contributed by atoms with E-state index in [1.54, 1.807) is 13.0 Å². The van der Waals surface area contributed by atoms with E-state index >= 15 is 0 Å². The van der Waals surface area contributed by atoms with Crippen LogP contribution in [0.3, 0.4) is 0 Å². The van der Waals surface area contributed by atoms with Crippen LogP contribution in [0.4, 0.5) is 10.1 Å². The molecule has 0 bridgehead atoms. The van der Waals surface area contributed by atoms with E-state index in [-0.39, 0.29) is 10.6 Å². The molecule has 1 aromatic carbocycles. The van der Waals surface area contributed by atoms with Crippen molar-refractivity contribution in [3.63, 3.8) is 0 Å². The van der Waals surface area contributed by atoms with Crippen molar-refractivity contribution in [1.29, 1.82) is 0 Å². The van der Waals surface area contributed by atoms with Crippen molar-refractivity contribution in [3.8, 4) is 0 Å². The lowest BCUT2D eigenvalue weighted by Gasteiger charge is -2.07. The SMILES string of the molecule is CCn1cc(S(=O)(=O)Nc2ccccc2F)c(C)n1. The second-order valence-electron chi connectivity index (χ2n) is 4.02. The zero-order chi connectivity index (χ0) is 14.0. The molecule has 1 N–H and O–H groups in total. The standard InChI is InChI=1S/C12H14FN3O2S/c1-3-16-8-12(9(2)14-16)19(17,18)15-11-7-5-4-6-10(11)13/h4-8,15H,3H2,1-2H3. The van der Waals surface area contributed by atoms with Gasteiger partial charge >= 0.3 is 0 Å². The van der Waals surface area contributed by atoms with E-state index in [1.807, 2.05) is 6.92 Å². The Labute approximate surface area is 111 Å². The first-order chi connectivity index (χ1) is 8.94. The minimum atomic E-state index is -3.83. The normalized spacial score (nSPS) is 11.5. The summed E-state index contributed by atoms with van der Waals surface area (Å²) in [6, 6.07) is 5.61. The summed E-state index contributed by atoms with van der Waals surface area (Å²) in [6.45, 7) is 4.02. The lowest BCUT2D eigenvalue weighted by Crippen LogP contribution is -2.14. The summed E-state index contributed by atoms with van der Waals surface area (Å²) in [5.74, 6) is -0.619. The van der Waals surface area contributed by atoms with Crippen LogP contribution in [0, 0.1) is 12.7 Å². The average Bonchev–Trinajstić information content (AvgIpc) is 2.74. The first-order valence-electron chi connectivity index (χ1n) is 5.75. The van der Waals surface area contributed by atoms with Gasteiger partial charge in [0, 0.05) is 12.7 Å². The highest BCUT2D eigenvalue weighted by atomic mass is 32.2. The van der Waals surface area contributed by atoms with Gasteiger partial charge in [0.05, 0.1) is 11.4 Å². The molecule has 2 rings (SSSR count). The summed E-state index contributed by atoms with van der Waals surface area (Å²) in [6.07, 6.45) is 1.43. The molecule has 7 heteroatoms. The zero-order valence-electron chi connectivity index (χ0n) is 10.6. The van der Waals surface area contributed by atoms with Crippen LogP contribution < -0.4 is 4.72 Å². The molecular weight excluding hydrogens is 269 g/mol. The lowest BCUT2D eigenvalue weighted by atomic mass is 10.3. The molecule has 0 atom stereocenters. The molecule has 2 aromatic rings. The van der Waals surface area contributed by atoms with E-state index in [2.05, 4.69) is 9.82 Å². The van der Waals surface area contributed by atoms with Gasteiger partial charge < -0.3 is 0 Å². The van der Waals surface area contributed by atoms with Gasteiger partial charge in [0.1, 0.15) is 10.7 Å². The predicted molar refractivity (Wildman–Crippen MR) is 69.8 cm³/mol. The van der Waals surface area contributed by atoms with Crippen LogP contribution in [0.25, 0.3) is 0 Å². The highest BCUT2D eigenvalue weighted by Crippen LogP contribution is 2.20. The number of nitrogens with one attached hydrogen (secondary N) is 1. The predicted octanol–water partition coefficient (Wildman–Crippen LogP) is 2.15. The van der Waals surface area contributed by atoms with Crippen molar-refractivity contribution in [2.24, 2.45) is 0 Å². The van der Waals surface area contributed by atoms with E-state index in [1.165, 1.54) is 29.1 Å². The Bertz CT molecular complexity index is 695. The fourth-order valence-electron chi connectivity index (χ4n) is 1.67. The van der Waals surface area contributed by atoms with Gasteiger partial charge in [-0.05, 0) is 26.0 Å². The van der Waals surface area contributed by atoms with Gasteiger partial charge in [-0.1, -0.05) is 12.1 Å². The monoisotopic (exact) mass is 283 g/mol. The molecular formula is C12H14FN3O2S. The Morgan fingerprint density at radius 3 is 2.63 bits per heavy atom. The number of aromatic nitrogens is 2. The van der Waals surface area contributed by atoms with Gasteiger partial charge in [0.2, 0.25) is 0 Å². The summed E-state index contributed by atoms with van der Waals surface area (Å²) in [5.41, 5.74) is 0.303. The van der Waals surface area contributed by atoms with Crippen LogP contribution in [0.2, 0.25) is 0 Å². The maximum Gasteiger partial charge on any atom is 0.265 e. The molecule has 0 aliphatic carbocycles. The number of halogens is 1. The van der Waals surface area contributed by atoms with Gasteiger partial charge in [0.15, 0.2) is 0 Å². The Morgan fingerprint density at radius 1 is 1.37 bits per heavy atom. The van der Waals surface area contributed by atoms with E-state index in [4.69, 9.17) is 0 Å². The van der Waals surface area contributed by atoms with Crippen molar-refractivity contribution in [1.82, 2.24) is 9.78 Å². The Hall–Kier alpha value is -1.89. The minimum Gasteiger partial charge on any atom is -0.277 e. The molecule has 1 heterocycles. The van der Waals surface area contributed by atoms with Crippen molar-refractivity contribution in [2.45, 2.75) is 25.3 Å². The van der Waals surface area contributed by atoms with Crippen molar-refractivity contribution in [2.75, 3.05) is 4.72 Å². The Morgan fingerprint density at radius 2 is 2.05 bits per heavy atom. The van der Waals surface area contributed by atoms with Gasteiger partial charge in [-0.2, -0.15) is 5.10 Å². The second kappa shape index (κ2) is 5.00. The summed E-state index contributed by atoms with van der Waals surface area (Å²) in [5, 5.41) is 4.06. The number of aryl methyl sites for hydroxylation is 2. The van der Waals surface area contributed by atoms with Crippen molar-refractivity contribution in [3.05, 3.63) is 42.0 Å². The number of para-hydroxylation sites is 1. The molecule has 102 valence electrons. The second-order valence-corrected chi connectivity index (χ2v) is 5.67. The third kappa shape index (κ3) is 2.76. The van der Waals surface area contributed by atoms with Crippen LogP contribution in [0.15, 0.2) is 35.4 Å². The third-order valence-electron chi connectivity index (χ3n) is 2.63. The van der Waals surface area contributed by atoms with E-state index < -0.39 is 15.8 Å². The molecule has 0 fully saturated rings. The number of hydrogen-bond donors (Lipinski definition) is 1. The number of sulfonamides is 1. The Kier molecular flexibility index (Phi) is 3.57. The van der Waals surface area contributed by atoms with Gasteiger partial charge in [-0.3, -0.25) is 9.40 Å². The number of nitrogens with zero attached hydrogens (tertiary/aromatic N) is 2. The van der Waals surface area contributed by atoms with E-state index in [0.717, 1.165) is 0 Å². The first-order valence-corrected chi connectivity index (χ1v) is 7.23. The third-order valence-corrected chi connectivity index (χ3v) is 4.10. The first kappa shape index (κ1) is 13.5. The number of hydrogen-bond acceptors (Lipinski definition) is 3. The maximum atomic E-state index is 13.5. The number of anilines is 1. The van der Waals surface area contributed by atoms with Gasteiger partial charge in [-0.15, -0.1) is 0 Å². The quantitative estimate of drug-likeness (QED) is 0.935. The van der Waals surface area contributed by atoms with Crippen LogP contribution in [0.5, 0.6) is 0 Å². The van der Waals surface area contributed by atoms with Gasteiger partial charge in [0.25, 0.3) is 10.0 Å². The van der Waals surface area contributed by atoms with Crippen molar-refractivity contribution >= 4 is 15.7 Å². The molecule has 0 unspecified atom stereocenters. The molecule has 0 radical (unpaired) electrons. The van der Waals surface area contributed by atoms with Crippen LogP contribution in [0.1, 0.15) is 12.6 Å². The number of rotatable bonds is 4. The molecule has 5 nitrogen and oxygen atoms in total. The summed E-state index contributed by atoms with van der Waals surface area (Å²) < 4.78 is 41.5. The number of benzene rings is 1. The lowest BCUT2D eigenvalue weighted by molar-refractivity contribution is 0.597. The molecule has 0 amide bonds. The fraction of sp³-hybridized carbons (Fsp3) is 0.250. The van der Waals surface area contributed by atoms with Crippen LogP contribution >= 0.6 is 0 Å². The summed E-state index contributed by atoms with van der Waals surface area (Å²) in [4.78, 5) is 0.0533. The molecule has 0 aliphatic heterocycles. The molecule has 0 aliphatic rings. The molecule has 19 heavy (non-hydrogen) atoms. The van der Waals surface area contributed by atoms with E-state index in [0.29, 0.717) is 12.2 Å². The van der Waals surface area contributed by atoms with Gasteiger partial charge in [-0.25, -0.2) is 12.8 Å². The minimum absolute atomic E-state index is 0.0533. The molecule has 1 aromatic heterocycles. The molecule has 0 saturated heterocycles. The smallest absolute Gasteiger partial charge is 0.265 e. The topological polar surface area (TPSA) is 64.0 Å². The fourth-order valence-corrected chi connectivity index (χ4v) is 2.92. The zero-order valence-corrected chi connectivity index (χ0v) is 11.4. The summed E-state index contributed by atoms with van der Waals surface area (Å²) >= 11 is 0. The van der Waals surface area contributed by atoms with E-state index in [9.17, 15) is 12.8 Å². The summed E-state index contributed by atoms with van der Waals surface area (Å²) in [7, 11) is -3.83. The van der Waals surface area contributed by atoms with Crippen molar-refractivity contribution < 1.29 is 12.8 Å². The Balaban J connectivity index is 2.38. The highest BCUT2D eigenvalue weighted by Gasteiger charge is 2.21. The largest absolute Gasteiger partial charge is 0.277 e. The highest BCUT2D eigenvalue weighted by molar-refractivity contribution is 7.92. The maximum absolute atomic E-state index is 13.5. The molecule has 0 spiro atoms. The van der Waals surface area contributed by atoms with Crippen LogP contribution in [-0.2, 0) is 16.6 Å². The average molecular weight is 283 g/mol.